The van der Waals surface area contributed by atoms with Gasteiger partial charge in [-0.2, -0.15) is 21.6 Å². The van der Waals surface area contributed by atoms with Gasteiger partial charge < -0.3 is 14.2 Å². The van der Waals surface area contributed by atoms with Gasteiger partial charge in [-0.05, 0) is 60.4 Å². The minimum absolute atomic E-state index is 0.0459. The fourth-order valence-electron chi connectivity index (χ4n) is 4.38. The second kappa shape index (κ2) is 11.3. The van der Waals surface area contributed by atoms with Gasteiger partial charge in [-0.15, -0.1) is 5.10 Å². The summed E-state index contributed by atoms with van der Waals surface area (Å²) >= 11 is 0. The zero-order valence-corrected chi connectivity index (χ0v) is 23.4. The van der Waals surface area contributed by atoms with E-state index in [1.54, 1.807) is 19.1 Å². The fourth-order valence-corrected chi connectivity index (χ4v) is 5.60. The summed E-state index contributed by atoms with van der Waals surface area (Å²) < 4.78 is 97.6. The first-order chi connectivity index (χ1) is 20.3. The van der Waals surface area contributed by atoms with Crippen LogP contribution >= 0.6 is 0 Å². The minimum atomic E-state index is -5.25. The number of nitrogens with zero attached hydrogens (tertiary/aromatic N) is 2. The van der Waals surface area contributed by atoms with E-state index in [9.17, 15) is 30.8 Å². The van der Waals surface area contributed by atoms with E-state index in [0.29, 0.717) is 27.6 Å². The third-order valence-corrected chi connectivity index (χ3v) is 8.05. The van der Waals surface area contributed by atoms with Crippen LogP contribution in [0.2, 0.25) is 0 Å². The van der Waals surface area contributed by atoms with E-state index in [4.69, 9.17) is 13.0 Å². The van der Waals surface area contributed by atoms with Gasteiger partial charge >= 0.3 is 17.8 Å². The highest BCUT2D eigenvalue weighted by atomic mass is 32.2. The monoisotopic (exact) mass is 617 g/mol. The Kier molecular flexibility index (Phi) is 7.84. The molecule has 9 nitrogen and oxygen atoms in total. The smallest absolute Gasteiger partial charge is 0.423 e. The third-order valence-electron chi connectivity index (χ3n) is 6.70. The predicted molar refractivity (Wildman–Crippen MR) is 147 cm³/mol. The van der Waals surface area contributed by atoms with E-state index in [1.165, 1.54) is 48.5 Å². The number of nitrogens with one attached hydrogen (secondary N) is 1. The number of halogens is 4. The van der Waals surface area contributed by atoms with Crippen LogP contribution in [0.15, 0.2) is 91.3 Å². The molecule has 0 aliphatic rings. The largest absolute Gasteiger partial charge is 0.428 e. The molecule has 0 radical (unpaired) electrons. The van der Waals surface area contributed by atoms with Crippen molar-refractivity contribution < 1.29 is 39.0 Å². The van der Waals surface area contributed by atoms with Gasteiger partial charge in [0, 0.05) is 18.0 Å². The molecule has 0 aliphatic carbocycles. The standard InChI is InChI=1S/C29H23F4N3O6S/c1-3-28(29(31,32)33,42-43(38,39)21-11-4-17(2)5-12-21)26-35-36-27(41-26)34-16-18-6-13-22-23(15-25(37)40-24(22)14-18)19-7-9-20(30)10-8-19/h4-15H,3,16H2,1-2H3,(H,34,36). The first-order valence-electron chi connectivity index (χ1n) is 12.8. The maximum absolute atomic E-state index is 14.4. The van der Waals surface area contributed by atoms with E-state index < -0.39 is 56.6 Å². The van der Waals surface area contributed by atoms with Gasteiger partial charge in [-0.3, -0.25) is 0 Å². The SMILES string of the molecule is CCC(OS(=O)(=O)c1ccc(C)cc1)(c1nnc(NCc2ccc3c(-c4ccc(F)cc4)cc(=O)oc3c2)o1)C(F)(F)F. The Labute approximate surface area is 242 Å². The van der Waals surface area contributed by atoms with E-state index in [1.807, 2.05) is 0 Å². The number of hydrogen-bond donors (Lipinski definition) is 1. The average molecular weight is 618 g/mol. The lowest BCUT2D eigenvalue weighted by atomic mass is 10.0. The van der Waals surface area contributed by atoms with E-state index in [0.717, 1.165) is 19.1 Å². The van der Waals surface area contributed by atoms with Crippen molar-refractivity contribution in [2.24, 2.45) is 0 Å². The molecule has 14 heteroatoms. The molecule has 43 heavy (non-hydrogen) atoms. The molecule has 0 aliphatic heterocycles. The van der Waals surface area contributed by atoms with Crippen molar-refractivity contribution in [1.82, 2.24) is 10.2 Å². The maximum atomic E-state index is 14.4. The summed E-state index contributed by atoms with van der Waals surface area (Å²) in [6.07, 6.45) is -6.13. The van der Waals surface area contributed by atoms with Gasteiger partial charge in [0.1, 0.15) is 11.4 Å². The quantitative estimate of drug-likeness (QED) is 0.112. The lowest BCUT2D eigenvalue weighted by Crippen LogP contribution is -2.46. The first-order valence-corrected chi connectivity index (χ1v) is 14.2. The van der Waals surface area contributed by atoms with Gasteiger partial charge in [0.2, 0.25) is 0 Å². The van der Waals surface area contributed by atoms with Gasteiger partial charge in [-0.25, -0.2) is 13.4 Å². The Hall–Kier alpha value is -4.56. The first kappa shape index (κ1) is 29.9. The highest BCUT2D eigenvalue weighted by molar-refractivity contribution is 7.86. The number of rotatable bonds is 9. The highest BCUT2D eigenvalue weighted by Crippen LogP contribution is 2.46. The lowest BCUT2D eigenvalue weighted by Gasteiger charge is -2.30. The molecule has 5 aromatic rings. The molecule has 1 N–H and O–H groups in total. The second-order valence-corrected chi connectivity index (χ2v) is 11.2. The Balaban J connectivity index is 1.40. The highest BCUT2D eigenvalue weighted by Gasteiger charge is 2.63. The molecular formula is C29H23F4N3O6S. The van der Waals surface area contributed by atoms with Crippen molar-refractivity contribution in [3.05, 3.63) is 106 Å². The fraction of sp³-hybridized carbons (Fsp3) is 0.207. The molecule has 1 atom stereocenters. The molecule has 3 aromatic carbocycles. The summed E-state index contributed by atoms with van der Waals surface area (Å²) in [5.74, 6) is -1.53. The number of aromatic nitrogens is 2. The van der Waals surface area contributed by atoms with Crippen LogP contribution in [0.3, 0.4) is 0 Å². The summed E-state index contributed by atoms with van der Waals surface area (Å²) in [5, 5.41) is 10.3. The number of hydrogen-bond acceptors (Lipinski definition) is 9. The number of benzene rings is 3. The number of fused-ring (bicyclic) bond motifs is 1. The van der Waals surface area contributed by atoms with Gasteiger partial charge in [0.25, 0.3) is 21.6 Å². The van der Waals surface area contributed by atoms with Gasteiger partial charge in [0.15, 0.2) is 0 Å². The van der Waals surface area contributed by atoms with Crippen molar-refractivity contribution in [3.8, 4) is 11.1 Å². The summed E-state index contributed by atoms with van der Waals surface area (Å²) in [7, 11) is -4.90. The third kappa shape index (κ3) is 6.01. The lowest BCUT2D eigenvalue weighted by molar-refractivity contribution is -0.262. The summed E-state index contributed by atoms with van der Waals surface area (Å²) in [5.41, 5.74) is -1.52. The normalized spacial score (nSPS) is 13.6. The van der Waals surface area contributed by atoms with E-state index in [-0.39, 0.29) is 12.1 Å². The Morgan fingerprint density at radius 2 is 1.63 bits per heavy atom. The second-order valence-electron chi connectivity index (χ2n) is 9.61. The zero-order chi connectivity index (χ0) is 31.0. The van der Waals surface area contributed by atoms with Crippen molar-refractivity contribution in [2.45, 2.75) is 43.5 Å². The van der Waals surface area contributed by atoms with Gasteiger partial charge in [0.05, 0.1) is 4.90 Å². The summed E-state index contributed by atoms with van der Waals surface area (Å²) in [4.78, 5) is 11.7. The van der Waals surface area contributed by atoms with Crippen molar-refractivity contribution in [3.63, 3.8) is 0 Å². The average Bonchev–Trinajstić information content (AvgIpc) is 3.43. The molecular weight excluding hydrogens is 594 g/mol. The topological polar surface area (TPSA) is 125 Å². The van der Waals surface area contributed by atoms with Crippen LogP contribution in [0.5, 0.6) is 0 Å². The van der Waals surface area contributed by atoms with Crippen LogP contribution in [0, 0.1) is 12.7 Å². The minimum Gasteiger partial charge on any atom is -0.423 e. The summed E-state index contributed by atoms with van der Waals surface area (Å²) in [6.45, 7) is 2.73. The molecule has 1 unspecified atom stereocenters. The van der Waals surface area contributed by atoms with Crippen molar-refractivity contribution in [1.29, 1.82) is 0 Å². The van der Waals surface area contributed by atoms with Crippen LogP contribution in [0.25, 0.3) is 22.1 Å². The number of aryl methyl sites for hydroxylation is 1. The van der Waals surface area contributed by atoms with Gasteiger partial charge in [-0.1, -0.05) is 54.0 Å². The molecule has 224 valence electrons. The zero-order valence-electron chi connectivity index (χ0n) is 22.6. The molecule has 5 rings (SSSR count). The predicted octanol–water partition coefficient (Wildman–Crippen LogP) is 6.48. The molecule has 0 saturated carbocycles. The van der Waals surface area contributed by atoms with Crippen molar-refractivity contribution >= 4 is 27.1 Å². The molecule has 0 amide bonds. The number of anilines is 1. The van der Waals surface area contributed by atoms with E-state index in [2.05, 4.69) is 15.5 Å². The van der Waals surface area contributed by atoms with Crippen LogP contribution in [0.1, 0.15) is 30.4 Å². The maximum Gasteiger partial charge on any atom is 0.428 e. The summed E-state index contributed by atoms with van der Waals surface area (Å²) in [6, 6.07) is 16.4. The van der Waals surface area contributed by atoms with Crippen molar-refractivity contribution in [2.75, 3.05) is 5.32 Å². The molecule has 0 bridgehead atoms. The molecule has 0 saturated heterocycles. The Morgan fingerprint density at radius 3 is 2.28 bits per heavy atom. The number of alkyl halides is 3. The Morgan fingerprint density at radius 1 is 0.930 bits per heavy atom. The van der Waals surface area contributed by atoms with Crippen LogP contribution in [-0.2, 0) is 26.4 Å². The molecule has 0 fully saturated rings. The van der Waals surface area contributed by atoms with Crippen LogP contribution < -0.4 is 10.9 Å². The van der Waals surface area contributed by atoms with Crippen LogP contribution in [0.4, 0.5) is 23.6 Å². The van der Waals surface area contributed by atoms with Crippen LogP contribution in [-0.4, -0.2) is 24.8 Å². The molecule has 0 spiro atoms. The Bertz CT molecular complexity index is 1940. The van der Waals surface area contributed by atoms with E-state index >= 15 is 0 Å². The molecule has 2 heterocycles. The molecule has 2 aromatic heterocycles.